The molecule has 29 heavy (non-hydrogen) atoms. The van der Waals surface area contributed by atoms with Crippen LogP contribution in [0.4, 0.5) is 10.6 Å². The summed E-state index contributed by atoms with van der Waals surface area (Å²) in [5.74, 6) is 1.31. The summed E-state index contributed by atoms with van der Waals surface area (Å²) in [5.41, 5.74) is 12.0. The van der Waals surface area contributed by atoms with Gasteiger partial charge in [0.05, 0.1) is 11.5 Å². The Morgan fingerprint density at radius 2 is 1.97 bits per heavy atom. The van der Waals surface area contributed by atoms with E-state index in [4.69, 9.17) is 16.2 Å². The molecule has 2 amide bonds. The zero-order valence-corrected chi connectivity index (χ0v) is 17.2. The van der Waals surface area contributed by atoms with Gasteiger partial charge in [-0.15, -0.1) is 0 Å². The Bertz CT molecular complexity index is 896. The molecule has 0 fully saturated rings. The highest BCUT2D eigenvalue weighted by atomic mass is 32.2. The number of unbranched alkanes of at least 4 members (excludes halogenated alkanes) is 1. The fourth-order valence-electron chi connectivity index (χ4n) is 2.69. The number of hydrogen-bond donors (Lipinski definition) is 4. The zero-order valence-electron chi connectivity index (χ0n) is 16.4. The number of benzene rings is 1. The summed E-state index contributed by atoms with van der Waals surface area (Å²) in [7, 11) is -2.30. The van der Waals surface area contributed by atoms with Crippen molar-refractivity contribution in [1.82, 2.24) is 19.6 Å². The first-order valence-corrected chi connectivity index (χ1v) is 10.7. The second-order valence-electron chi connectivity index (χ2n) is 6.43. The van der Waals surface area contributed by atoms with Gasteiger partial charge in [-0.2, -0.15) is 0 Å². The van der Waals surface area contributed by atoms with Gasteiger partial charge in [-0.1, -0.05) is 12.1 Å². The zero-order chi connectivity index (χ0) is 21.3. The van der Waals surface area contributed by atoms with E-state index < -0.39 is 16.1 Å². The number of aryl methyl sites for hydroxylation is 1. The highest BCUT2D eigenvalue weighted by Crippen LogP contribution is 2.10. The summed E-state index contributed by atoms with van der Waals surface area (Å²) in [6.45, 7) is 1.90. The van der Waals surface area contributed by atoms with Crippen LogP contribution in [0.3, 0.4) is 0 Å². The van der Waals surface area contributed by atoms with Gasteiger partial charge in [-0.25, -0.2) is 22.9 Å². The van der Waals surface area contributed by atoms with Crippen LogP contribution >= 0.6 is 0 Å². The van der Waals surface area contributed by atoms with E-state index in [-0.39, 0.29) is 4.90 Å². The molecule has 0 unspecified atom stereocenters. The molecule has 0 aliphatic carbocycles. The normalized spacial score (nSPS) is 11.4. The number of carbonyl (C=O) groups is 1. The Labute approximate surface area is 170 Å². The number of aromatic nitrogens is 2. The summed E-state index contributed by atoms with van der Waals surface area (Å²) in [5, 5.41) is 2.55. The van der Waals surface area contributed by atoms with Gasteiger partial charge in [0, 0.05) is 39.4 Å². The number of imidazole rings is 1. The van der Waals surface area contributed by atoms with E-state index in [0.717, 1.165) is 17.8 Å². The molecule has 0 saturated heterocycles. The first-order chi connectivity index (χ1) is 13.9. The second-order valence-corrected chi connectivity index (χ2v) is 8.12. The van der Waals surface area contributed by atoms with Gasteiger partial charge in [0.25, 0.3) is 10.0 Å². The van der Waals surface area contributed by atoms with E-state index in [1.807, 2.05) is 9.29 Å². The van der Waals surface area contributed by atoms with Gasteiger partial charge >= 0.3 is 6.03 Å². The Morgan fingerprint density at radius 1 is 1.24 bits per heavy atom. The Kier molecular flexibility index (Phi) is 8.43. The Balaban J connectivity index is 1.74. The number of nitrogens with one attached hydrogen (secondary N) is 2. The van der Waals surface area contributed by atoms with Crippen molar-refractivity contribution < 1.29 is 17.9 Å². The number of rotatable bonds is 11. The van der Waals surface area contributed by atoms with Crippen LogP contribution in [0.5, 0.6) is 0 Å². The van der Waals surface area contributed by atoms with Crippen LogP contribution in [0.2, 0.25) is 0 Å². The van der Waals surface area contributed by atoms with Crippen LogP contribution in [0.1, 0.15) is 24.2 Å². The van der Waals surface area contributed by atoms with Crippen molar-refractivity contribution in [2.45, 2.75) is 37.2 Å². The number of urea groups is 1. The van der Waals surface area contributed by atoms with Crippen molar-refractivity contribution in [3.05, 3.63) is 41.9 Å². The SMILES string of the molecule is COCCc1nc(N)cn1CCCCNC(=O)NS(=O)(=O)c1ccc(CN)cc1. The lowest BCUT2D eigenvalue weighted by atomic mass is 10.2. The molecule has 0 atom stereocenters. The average Bonchev–Trinajstić information content (AvgIpc) is 3.05. The summed E-state index contributed by atoms with van der Waals surface area (Å²) >= 11 is 0. The van der Waals surface area contributed by atoms with Gasteiger partial charge in [-0.05, 0) is 30.5 Å². The van der Waals surface area contributed by atoms with Crippen LogP contribution in [0, 0.1) is 0 Å². The van der Waals surface area contributed by atoms with Crippen molar-refractivity contribution >= 4 is 21.9 Å². The van der Waals surface area contributed by atoms with Gasteiger partial charge in [-0.3, -0.25) is 0 Å². The molecule has 0 saturated carbocycles. The average molecular weight is 425 g/mol. The molecule has 0 bridgehead atoms. The van der Waals surface area contributed by atoms with E-state index in [1.165, 1.54) is 12.1 Å². The molecule has 0 aliphatic rings. The maximum Gasteiger partial charge on any atom is 0.328 e. The molecule has 10 nitrogen and oxygen atoms in total. The van der Waals surface area contributed by atoms with Crippen LogP contribution in [0.25, 0.3) is 0 Å². The van der Waals surface area contributed by atoms with Crippen LogP contribution in [-0.4, -0.2) is 44.3 Å². The molecule has 0 radical (unpaired) electrons. The molecular weight excluding hydrogens is 396 g/mol. The third kappa shape index (κ3) is 7.04. The lowest BCUT2D eigenvalue weighted by Crippen LogP contribution is -2.39. The number of nitrogen functional groups attached to an aromatic ring is 1. The molecule has 2 aromatic rings. The Hall–Kier alpha value is -2.63. The number of anilines is 1. The minimum absolute atomic E-state index is 0.00568. The fourth-order valence-corrected chi connectivity index (χ4v) is 3.62. The third-order valence-electron chi connectivity index (χ3n) is 4.22. The summed E-state index contributed by atoms with van der Waals surface area (Å²) < 4.78 is 33.4. The number of sulfonamides is 1. The minimum Gasteiger partial charge on any atom is -0.384 e. The molecule has 0 aliphatic heterocycles. The van der Waals surface area contributed by atoms with Crippen molar-refractivity contribution in [3.63, 3.8) is 0 Å². The van der Waals surface area contributed by atoms with Crippen LogP contribution < -0.4 is 21.5 Å². The number of nitrogens with zero attached hydrogens (tertiary/aromatic N) is 2. The number of ether oxygens (including phenoxy) is 1. The largest absolute Gasteiger partial charge is 0.384 e. The number of carbonyl (C=O) groups excluding carboxylic acids is 1. The standard InChI is InChI=1S/C18H28N6O4S/c1-28-11-8-17-22-16(20)13-24(17)10-3-2-9-21-18(25)23-29(26,27)15-6-4-14(12-19)5-7-15/h4-7,13H,2-3,8-12,19-20H2,1H3,(H2,21,23,25). The maximum atomic E-state index is 12.2. The molecule has 11 heteroatoms. The smallest absolute Gasteiger partial charge is 0.328 e. The predicted octanol–water partition coefficient (Wildman–Crippen LogP) is 0.581. The van der Waals surface area contributed by atoms with Gasteiger partial charge < -0.3 is 26.1 Å². The molecule has 6 N–H and O–H groups in total. The third-order valence-corrected chi connectivity index (χ3v) is 5.56. The Morgan fingerprint density at radius 3 is 2.62 bits per heavy atom. The molecule has 2 rings (SSSR count). The monoisotopic (exact) mass is 424 g/mol. The molecular formula is C18H28N6O4S. The second kappa shape index (κ2) is 10.8. The van der Waals surface area contributed by atoms with Crippen LogP contribution in [0.15, 0.2) is 35.4 Å². The topological polar surface area (TPSA) is 154 Å². The lowest BCUT2D eigenvalue weighted by molar-refractivity contribution is 0.199. The maximum absolute atomic E-state index is 12.2. The van der Waals surface area contributed by atoms with Gasteiger partial charge in [0.15, 0.2) is 0 Å². The highest BCUT2D eigenvalue weighted by molar-refractivity contribution is 7.90. The molecule has 1 aromatic carbocycles. The predicted molar refractivity (Wildman–Crippen MR) is 110 cm³/mol. The molecule has 0 spiro atoms. The number of methoxy groups -OCH3 is 1. The lowest BCUT2D eigenvalue weighted by Gasteiger charge is -2.10. The van der Waals surface area contributed by atoms with Gasteiger partial charge in [0.2, 0.25) is 0 Å². The van der Waals surface area contributed by atoms with Crippen molar-refractivity contribution in [2.75, 3.05) is 26.0 Å². The van der Waals surface area contributed by atoms with Gasteiger partial charge in [0.1, 0.15) is 11.6 Å². The molecule has 160 valence electrons. The molecule has 1 heterocycles. The highest BCUT2D eigenvalue weighted by Gasteiger charge is 2.17. The summed E-state index contributed by atoms with van der Waals surface area (Å²) in [4.78, 5) is 16.2. The number of hydrogen-bond acceptors (Lipinski definition) is 7. The van der Waals surface area contributed by atoms with Crippen molar-refractivity contribution in [1.29, 1.82) is 0 Å². The first-order valence-electron chi connectivity index (χ1n) is 9.26. The quantitative estimate of drug-likeness (QED) is 0.385. The van der Waals surface area contributed by atoms with Crippen LogP contribution in [-0.2, 0) is 34.3 Å². The summed E-state index contributed by atoms with van der Waals surface area (Å²) in [6, 6.07) is 5.28. The molecule has 1 aromatic heterocycles. The van der Waals surface area contributed by atoms with E-state index >= 15 is 0 Å². The van der Waals surface area contributed by atoms with Crippen molar-refractivity contribution in [2.24, 2.45) is 5.73 Å². The van der Waals surface area contributed by atoms with Crippen molar-refractivity contribution in [3.8, 4) is 0 Å². The number of amides is 2. The summed E-state index contributed by atoms with van der Waals surface area (Å²) in [6.07, 6.45) is 3.87. The van der Waals surface area contributed by atoms with E-state index in [2.05, 4.69) is 10.3 Å². The van der Waals surface area contributed by atoms with E-state index in [9.17, 15) is 13.2 Å². The van der Waals surface area contributed by atoms with E-state index in [1.54, 1.807) is 25.4 Å². The number of nitrogens with two attached hydrogens (primary N) is 2. The first kappa shape index (κ1) is 22.7. The fraction of sp³-hybridized carbons (Fsp3) is 0.444. The minimum atomic E-state index is -3.92. The van der Waals surface area contributed by atoms with E-state index in [0.29, 0.717) is 44.9 Å².